The maximum Gasteiger partial charge on any atom is 0.0440 e. The maximum absolute atomic E-state index is 6.32. The van der Waals surface area contributed by atoms with Crippen LogP contribution in [0.15, 0.2) is 18.2 Å². The van der Waals surface area contributed by atoms with Crippen LogP contribution in [-0.4, -0.2) is 10.7 Å². The van der Waals surface area contributed by atoms with Crippen molar-refractivity contribution in [1.82, 2.24) is 0 Å². The largest absolute Gasteiger partial charge is 0.0922 e. The van der Waals surface area contributed by atoms with E-state index >= 15 is 0 Å². The van der Waals surface area contributed by atoms with Gasteiger partial charge in [0, 0.05) is 15.7 Å². The Hall–Kier alpha value is 0.470. The van der Waals surface area contributed by atoms with Crippen LogP contribution in [0.2, 0.25) is 5.02 Å². The minimum Gasteiger partial charge on any atom is -0.0922 e. The molecule has 0 spiro atoms. The molecule has 0 aromatic heterocycles. The van der Waals surface area contributed by atoms with Crippen molar-refractivity contribution < 1.29 is 0 Å². The number of benzene rings is 1. The minimum atomic E-state index is 0.271. The highest BCUT2D eigenvalue weighted by Crippen LogP contribution is 2.35. The zero-order valence-electron chi connectivity index (χ0n) is 10.4. The molecule has 0 saturated heterocycles. The smallest absolute Gasteiger partial charge is 0.0440 e. The van der Waals surface area contributed by atoms with E-state index in [-0.39, 0.29) is 5.41 Å². The zero-order valence-corrected chi connectivity index (χ0v) is 14.3. The molecule has 3 heteroatoms. The molecule has 0 heterocycles. The molecule has 96 valence electrons. The molecule has 0 fully saturated rings. The van der Waals surface area contributed by atoms with Gasteiger partial charge in [-0.15, -0.1) is 0 Å². The van der Waals surface area contributed by atoms with Crippen molar-refractivity contribution in [3.05, 3.63) is 34.3 Å². The van der Waals surface area contributed by atoms with Gasteiger partial charge in [-0.3, -0.25) is 0 Å². The summed E-state index contributed by atoms with van der Waals surface area (Å²) in [6.07, 6.45) is 3.42. The molecule has 1 aromatic carbocycles. The molecule has 0 amide bonds. The van der Waals surface area contributed by atoms with Gasteiger partial charge >= 0.3 is 0 Å². The first-order valence-electron chi connectivity index (χ1n) is 5.94. The second-order valence-corrected chi connectivity index (χ2v) is 6.32. The first-order chi connectivity index (χ1) is 8.06. The Bertz CT molecular complexity index is 359. The molecule has 1 rings (SSSR count). The van der Waals surface area contributed by atoms with Crippen LogP contribution in [0.1, 0.15) is 30.9 Å². The van der Waals surface area contributed by atoms with Crippen LogP contribution in [0.3, 0.4) is 0 Å². The van der Waals surface area contributed by atoms with Gasteiger partial charge in [0.2, 0.25) is 0 Å². The Kier molecular flexibility index (Phi) is 6.54. The van der Waals surface area contributed by atoms with E-state index in [1.165, 1.54) is 24.0 Å². The fourth-order valence-corrected chi connectivity index (χ4v) is 4.27. The van der Waals surface area contributed by atoms with Gasteiger partial charge < -0.3 is 0 Å². The number of alkyl halides is 2. The third-order valence-corrected chi connectivity index (χ3v) is 5.85. The van der Waals surface area contributed by atoms with Crippen molar-refractivity contribution in [2.75, 3.05) is 10.7 Å². The summed E-state index contributed by atoms with van der Waals surface area (Å²) in [6.45, 7) is 4.31. The molecule has 0 aliphatic carbocycles. The molecule has 0 atom stereocenters. The highest BCUT2D eigenvalue weighted by atomic mass is 79.9. The zero-order chi connectivity index (χ0) is 12.9. The van der Waals surface area contributed by atoms with Gasteiger partial charge in [0.15, 0.2) is 0 Å². The van der Waals surface area contributed by atoms with Gasteiger partial charge in [-0.25, -0.2) is 0 Å². The molecule has 0 N–H and O–H groups in total. The van der Waals surface area contributed by atoms with E-state index < -0.39 is 0 Å². The predicted molar refractivity (Wildman–Crippen MR) is 84.8 cm³/mol. The standard InChI is InChI=1S/C14H19Br2Cl/c1-3-6-14(9-15,10-16)8-12-5-4-11(2)7-13(12)17/h4-5,7H,3,6,8-10H2,1-2H3. The molecule has 17 heavy (non-hydrogen) atoms. The van der Waals surface area contributed by atoms with Crippen LogP contribution >= 0.6 is 43.5 Å². The monoisotopic (exact) mass is 380 g/mol. The summed E-state index contributed by atoms with van der Waals surface area (Å²) < 4.78 is 0. The lowest BCUT2D eigenvalue weighted by Crippen LogP contribution is -2.27. The van der Waals surface area contributed by atoms with Crippen molar-refractivity contribution in [1.29, 1.82) is 0 Å². The molecule has 0 aliphatic heterocycles. The Morgan fingerprint density at radius 2 is 1.88 bits per heavy atom. The van der Waals surface area contributed by atoms with Gasteiger partial charge in [-0.2, -0.15) is 0 Å². The molecular formula is C14H19Br2Cl. The third kappa shape index (κ3) is 4.25. The average molecular weight is 383 g/mol. The third-order valence-electron chi connectivity index (χ3n) is 3.12. The molecular weight excluding hydrogens is 363 g/mol. The second kappa shape index (κ2) is 7.16. The fraction of sp³-hybridized carbons (Fsp3) is 0.571. The quantitative estimate of drug-likeness (QED) is 0.548. The van der Waals surface area contributed by atoms with Crippen LogP contribution in [0.5, 0.6) is 0 Å². The summed E-state index contributed by atoms with van der Waals surface area (Å²) in [5.74, 6) is 0. The van der Waals surface area contributed by atoms with Crippen LogP contribution in [0, 0.1) is 12.3 Å². The molecule has 0 aliphatic rings. The van der Waals surface area contributed by atoms with Crippen LogP contribution in [0.4, 0.5) is 0 Å². The van der Waals surface area contributed by atoms with E-state index in [2.05, 4.69) is 63.9 Å². The van der Waals surface area contributed by atoms with Crippen LogP contribution in [0.25, 0.3) is 0 Å². The Morgan fingerprint density at radius 1 is 1.24 bits per heavy atom. The van der Waals surface area contributed by atoms with E-state index in [0.717, 1.165) is 22.1 Å². The second-order valence-electron chi connectivity index (χ2n) is 4.79. The summed E-state index contributed by atoms with van der Waals surface area (Å²) in [5.41, 5.74) is 2.75. The van der Waals surface area contributed by atoms with Crippen molar-refractivity contribution in [3.63, 3.8) is 0 Å². The van der Waals surface area contributed by atoms with Gasteiger partial charge in [0.05, 0.1) is 0 Å². The highest BCUT2D eigenvalue weighted by Gasteiger charge is 2.27. The number of aryl methyl sites for hydroxylation is 1. The number of halogens is 3. The van der Waals surface area contributed by atoms with E-state index in [1.54, 1.807) is 0 Å². The molecule has 0 radical (unpaired) electrons. The van der Waals surface area contributed by atoms with E-state index in [1.807, 2.05) is 0 Å². The summed E-state index contributed by atoms with van der Waals surface area (Å²) in [6, 6.07) is 6.35. The summed E-state index contributed by atoms with van der Waals surface area (Å²) in [5, 5.41) is 2.90. The Labute approximate surface area is 126 Å². The Morgan fingerprint density at radius 3 is 2.35 bits per heavy atom. The van der Waals surface area contributed by atoms with E-state index in [4.69, 9.17) is 11.6 Å². The minimum absolute atomic E-state index is 0.271. The van der Waals surface area contributed by atoms with Gasteiger partial charge in [0.1, 0.15) is 0 Å². The highest BCUT2D eigenvalue weighted by molar-refractivity contribution is 9.09. The molecule has 1 aromatic rings. The van der Waals surface area contributed by atoms with Gasteiger partial charge in [-0.1, -0.05) is 68.9 Å². The summed E-state index contributed by atoms with van der Waals surface area (Å²) in [7, 11) is 0. The van der Waals surface area contributed by atoms with E-state index in [0.29, 0.717) is 0 Å². The van der Waals surface area contributed by atoms with Crippen molar-refractivity contribution in [3.8, 4) is 0 Å². The topological polar surface area (TPSA) is 0 Å². The molecule has 0 unspecified atom stereocenters. The number of hydrogen-bond acceptors (Lipinski definition) is 0. The predicted octanol–water partition coefficient (Wildman–Crippen LogP) is 5.77. The van der Waals surface area contributed by atoms with Crippen molar-refractivity contribution in [2.45, 2.75) is 33.1 Å². The van der Waals surface area contributed by atoms with Crippen LogP contribution < -0.4 is 0 Å². The maximum atomic E-state index is 6.32. The van der Waals surface area contributed by atoms with E-state index in [9.17, 15) is 0 Å². The number of rotatable bonds is 6. The first kappa shape index (κ1) is 15.5. The molecule has 0 bridgehead atoms. The van der Waals surface area contributed by atoms with Crippen molar-refractivity contribution >= 4 is 43.5 Å². The normalized spacial score (nSPS) is 11.8. The van der Waals surface area contributed by atoms with Crippen LogP contribution in [-0.2, 0) is 6.42 Å². The molecule has 0 nitrogen and oxygen atoms in total. The lowest BCUT2D eigenvalue weighted by Gasteiger charge is -2.30. The first-order valence-corrected chi connectivity index (χ1v) is 8.56. The molecule has 0 saturated carbocycles. The number of hydrogen-bond donors (Lipinski definition) is 0. The lowest BCUT2D eigenvalue weighted by atomic mass is 9.81. The SMILES string of the molecule is CCCC(CBr)(CBr)Cc1ccc(C)cc1Cl. The lowest BCUT2D eigenvalue weighted by molar-refractivity contribution is 0.352. The van der Waals surface area contributed by atoms with Gasteiger partial charge in [-0.05, 0) is 42.4 Å². The average Bonchev–Trinajstić information content (AvgIpc) is 2.32. The summed E-state index contributed by atoms with van der Waals surface area (Å²) >= 11 is 13.6. The van der Waals surface area contributed by atoms with Crippen molar-refractivity contribution in [2.24, 2.45) is 5.41 Å². The fourth-order valence-electron chi connectivity index (χ4n) is 2.08. The van der Waals surface area contributed by atoms with Gasteiger partial charge in [0.25, 0.3) is 0 Å². The summed E-state index contributed by atoms with van der Waals surface area (Å²) in [4.78, 5) is 0. The Balaban J connectivity index is 2.92.